The minimum absolute atomic E-state index is 0. The van der Waals surface area contributed by atoms with E-state index in [9.17, 15) is 4.79 Å². The molecule has 2 aliphatic rings. The lowest BCUT2D eigenvalue weighted by Crippen LogP contribution is -2.41. The van der Waals surface area contributed by atoms with Gasteiger partial charge in [0.05, 0.1) is 4.87 Å². The van der Waals surface area contributed by atoms with Crippen LogP contribution in [0, 0.1) is 0 Å². The number of benzene rings is 2. The summed E-state index contributed by atoms with van der Waals surface area (Å²) < 4.78 is 10.8. The lowest BCUT2D eigenvalue weighted by atomic mass is 9.88. The summed E-state index contributed by atoms with van der Waals surface area (Å²) in [5.74, 6) is 1.76. The Bertz CT molecular complexity index is 789. The van der Waals surface area contributed by atoms with Crippen LogP contribution in [-0.2, 0) is 6.54 Å². The number of ether oxygens (including phenoxy) is 2. The minimum Gasteiger partial charge on any atom is -0.454 e. The Morgan fingerprint density at radius 1 is 1.04 bits per heavy atom. The van der Waals surface area contributed by atoms with Crippen molar-refractivity contribution >= 4 is 29.8 Å². The second-order valence-electron chi connectivity index (χ2n) is 7.08. The fourth-order valence-corrected chi connectivity index (χ4v) is 3.89. The molecule has 1 fully saturated rings. The molecule has 0 unspecified atom stereocenters. The van der Waals surface area contributed by atoms with Gasteiger partial charge in [-0.05, 0) is 30.5 Å². The smallest absolute Gasteiger partial charge is 0.231 e. The van der Waals surface area contributed by atoms with Gasteiger partial charge in [-0.15, -0.1) is 24.0 Å². The van der Waals surface area contributed by atoms with Crippen LogP contribution in [0.25, 0.3) is 0 Å². The zero-order chi connectivity index (χ0) is 18.0. The fourth-order valence-electron chi connectivity index (χ4n) is 3.60. The second kappa shape index (κ2) is 8.51. The summed E-state index contributed by atoms with van der Waals surface area (Å²) in [6, 6.07) is 15.5. The Balaban J connectivity index is 0.00000210. The number of rotatable bonds is 5. The third kappa shape index (κ3) is 4.75. The summed E-state index contributed by atoms with van der Waals surface area (Å²) in [6.45, 7) is 2.93. The van der Waals surface area contributed by atoms with E-state index >= 15 is 0 Å². The molecule has 0 aromatic heterocycles. The largest absolute Gasteiger partial charge is 0.454 e. The second-order valence-corrected chi connectivity index (χ2v) is 7.88. The Morgan fingerprint density at radius 3 is 2.48 bits per heavy atom. The topological polar surface area (TPSA) is 38.8 Å². The Morgan fingerprint density at radius 2 is 1.74 bits per heavy atom. The van der Waals surface area contributed by atoms with Gasteiger partial charge in [0, 0.05) is 31.6 Å². The van der Waals surface area contributed by atoms with Gasteiger partial charge in [-0.2, -0.15) is 0 Å². The van der Waals surface area contributed by atoms with Gasteiger partial charge in [-0.3, -0.25) is 9.69 Å². The molecule has 2 aliphatic heterocycles. The van der Waals surface area contributed by atoms with E-state index < -0.39 is 4.87 Å². The molecule has 4 rings (SSSR count). The van der Waals surface area contributed by atoms with Crippen LogP contribution in [-0.4, -0.2) is 35.4 Å². The highest BCUT2D eigenvalue weighted by Crippen LogP contribution is 2.36. The van der Waals surface area contributed by atoms with E-state index in [-0.39, 0.29) is 18.2 Å². The van der Waals surface area contributed by atoms with Crippen molar-refractivity contribution in [1.82, 2.24) is 4.90 Å². The predicted octanol–water partition coefficient (Wildman–Crippen LogP) is 4.68. The Hall–Kier alpha value is -1.75. The number of piperidine rings is 1. The van der Waals surface area contributed by atoms with Crippen molar-refractivity contribution in [3.63, 3.8) is 0 Å². The molecular formula is C21H23Cl2NO3. The van der Waals surface area contributed by atoms with Crippen LogP contribution in [0.4, 0.5) is 0 Å². The number of fused-ring (bicyclic) bond motifs is 1. The molecule has 4 nitrogen and oxygen atoms in total. The number of alkyl halides is 1. The molecule has 0 saturated carbocycles. The SMILES string of the molecule is Cl.O=C(CC1(Cl)CCN(Cc2ccc3c(c2)OCO3)CC1)c1ccccc1. The van der Waals surface area contributed by atoms with Crippen LogP contribution in [0.5, 0.6) is 11.5 Å². The van der Waals surface area contributed by atoms with E-state index in [2.05, 4.69) is 11.0 Å². The monoisotopic (exact) mass is 407 g/mol. The number of halogens is 2. The first-order chi connectivity index (χ1) is 12.6. The van der Waals surface area contributed by atoms with Gasteiger partial charge in [0.25, 0.3) is 0 Å². The number of nitrogens with zero attached hydrogens (tertiary/aromatic N) is 1. The number of likely N-dealkylation sites (tertiary alicyclic amines) is 1. The summed E-state index contributed by atoms with van der Waals surface area (Å²) in [5.41, 5.74) is 1.95. The number of Topliss-reactive ketones (excluding diaryl/α,β-unsaturated/α-hetero) is 1. The fraction of sp³-hybridized carbons (Fsp3) is 0.381. The molecule has 2 heterocycles. The molecule has 2 aromatic carbocycles. The Labute approximate surface area is 170 Å². The zero-order valence-electron chi connectivity index (χ0n) is 15.0. The summed E-state index contributed by atoms with van der Waals surface area (Å²) in [6.07, 6.45) is 2.03. The molecule has 0 spiro atoms. The molecule has 2 aromatic rings. The molecule has 144 valence electrons. The van der Waals surface area contributed by atoms with Gasteiger partial charge in [0.15, 0.2) is 17.3 Å². The van der Waals surface area contributed by atoms with Gasteiger partial charge in [-0.1, -0.05) is 36.4 Å². The first-order valence-corrected chi connectivity index (χ1v) is 9.37. The first-order valence-electron chi connectivity index (χ1n) is 8.99. The van der Waals surface area contributed by atoms with Crippen LogP contribution in [0.3, 0.4) is 0 Å². The van der Waals surface area contributed by atoms with Crippen molar-refractivity contribution in [2.75, 3.05) is 19.9 Å². The van der Waals surface area contributed by atoms with Crippen molar-refractivity contribution in [3.05, 3.63) is 59.7 Å². The number of hydrogen-bond donors (Lipinski definition) is 0. The van der Waals surface area contributed by atoms with E-state index in [0.29, 0.717) is 13.2 Å². The number of carbonyl (C=O) groups excluding carboxylic acids is 1. The quantitative estimate of drug-likeness (QED) is 0.532. The van der Waals surface area contributed by atoms with Crippen LogP contribution in [0.15, 0.2) is 48.5 Å². The van der Waals surface area contributed by atoms with Gasteiger partial charge in [-0.25, -0.2) is 0 Å². The van der Waals surface area contributed by atoms with Crippen molar-refractivity contribution in [2.45, 2.75) is 30.7 Å². The third-order valence-corrected chi connectivity index (χ3v) is 5.68. The molecule has 0 amide bonds. The van der Waals surface area contributed by atoms with Crippen LogP contribution < -0.4 is 9.47 Å². The van der Waals surface area contributed by atoms with Crippen LogP contribution >= 0.6 is 24.0 Å². The standard InChI is InChI=1S/C21H22ClNO3.ClH/c22-21(13-18(24)17-4-2-1-3-5-17)8-10-23(11-9-21)14-16-6-7-19-20(12-16)26-15-25-19;/h1-7,12H,8-11,13-15H2;1H. The molecule has 0 bridgehead atoms. The van der Waals surface area contributed by atoms with E-state index in [1.165, 1.54) is 5.56 Å². The molecule has 6 heteroatoms. The van der Waals surface area contributed by atoms with E-state index in [1.807, 2.05) is 42.5 Å². The van der Waals surface area contributed by atoms with Crippen molar-refractivity contribution in [3.8, 4) is 11.5 Å². The summed E-state index contributed by atoms with van der Waals surface area (Å²) in [7, 11) is 0. The Kier molecular flexibility index (Phi) is 6.30. The normalized spacial score (nSPS) is 18.0. The van der Waals surface area contributed by atoms with E-state index in [4.69, 9.17) is 21.1 Å². The molecule has 0 atom stereocenters. The number of hydrogen-bond acceptors (Lipinski definition) is 4. The third-order valence-electron chi connectivity index (χ3n) is 5.17. The van der Waals surface area contributed by atoms with Gasteiger partial charge in [0.1, 0.15) is 0 Å². The highest BCUT2D eigenvalue weighted by Gasteiger charge is 2.34. The van der Waals surface area contributed by atoms with Gasteiger partial charge in [0.2, 0.25) is 6.79 Å². The molecule has 0 aliphatic carbocycles. The average molecular weight is 408 g/mol. The summed E-state index contributed by atoms with van der Waals surface area (Å²) in [4.78, 5) is 14.4. The predicted molar refractivity (Wildman–Crippen MR) is 108 cm³/mol. The average Bonchev–Trinajstić information content (AvgIpc) is 3.12. The number of ketones is 1. The van der Waals surface area contributed by atoms with Crippen molar-refractivity contribution in [2.24, 2.45) is 0 Å². The maximum atomic E-state index is 12.5. The van der Waals surface area contributed by atoms with Crippen molar-refractivity contribution in [1.29, 1.82) is 0 Å². The molecule has 0 radical (unpaired) electrons. The van der Waals surface area contributed by atoms with Crippen molar-refractivity contribution < 1.29 is 14.3 Å². The molecule has 1 saturated heterocycles. The lowest BCUT2D eigenvalue weighted by Gasteiger charge is -2.37. The minimum atomic E-state index is -0.432. The first kappa shape index (κ1) is 20.0. The van der Waals surface area contributed by atoms with Gasteiger partial charge >= 0.3 is 0 Å². The highest BCUT2D eigenvalue weighted by molar-refractivity contribution is 6.25. The highest BCUT2D eigenvalue weighted by atomic mass is 35.5. The van der Waals surface area contributed by atoms with Gasteiger partial charge < -0.3 is 9.47 Å². The number of carbonyl (C=O) groups is 1. The van der Waals surface area contributed by atoms with E-state index in [0.717, 1.165) is 49.5 Å². The summed E-state index contributed by atoms with van der Waals surface area (Å²) >= 11 is 6.78. The maximum absolute atomic E-state index is 12.5. The lowest BCUT2D eigenvalue weighted by molar-refractivity contribution is 0.0941. The molecule has 27 heavy (non-hydrogen) atoms. The van der Waals surface area contributed by atoms with E-state index in [1.54, 1.807) is 0 Å². The summed E-state index contributed by atoms with van der Waals surface area (Å²) in [5, 5.41) is 0. The molecule has 0 N–H and O–H groups in total. The zero-order valence-corrected chi connectivity index (χ0v) is 16.6. The molecular weight excluding hydrogens is 385 g/mol. The van der Waals surface area contributed by atoms with Crippen LogP contribution in [0.2, 0.25) is 0 Å². The maximum Gasteiger partial charge on any atom is 0.231 e. The van der Waals surface area contributed by atoms with Crippen LogP contribution in [0.1, 0.15) is 35.2 Å².